The zero-order valence-corrected chi connectivity index (χ0v) is 15.8. The van der Waals surface area contributed by atoms with Crippen molar-refractivity contribution in [3.05, 3.63) is 54.1 Å². The van der Waals surface area contributed by atoms with Gasteiger partial charge in [-0.25, -0.2) is 8.42 Å². The lowest BCUT2D eigenvalue weighted by molar-refractivity contribution is 0.0730. The van der Waals surface area contributed by atoms with Crippen LogP contribution < -0.4 is 9.47 Å². The Morgan fingerprint density at radius 2 is 1.59 bits per heavy atom. The molecule has 2 aromatic rings. The second-order valence-corrected chi connectivity index (χ2v) is 7.87. The van der Waals surface area contributed by atoms with E-state index in [4.69, 9.17) is 14.2 Å². The van der Waals surface area contributed by atoms with Gasteiger partial charge in [0.2, 0.25) is 10.0 Å². The summed E-state index contributed by atoms with van der Waals surface area (Å²) in [5.41, 5.74) is 0.516. The van der Waals surface area contributed by atoms with Crippen LogP contribution in [0, 0.1) is 0 Å². The van der Waals surface area contributed by atoms with Gasteiger partial charge in [-0.1, -0.05) is 0 Å². The zero-order valence-electron chi connectivity index (χ0n) is 15.0. The first-order valence-corrected chi connectivity index (χ1v) is 9.93. The number of rotatable bonds is 7. The summed E-state index contributed by atoms with van der Waals surface area (Å²) in [6.45, 7) is 1.34. The monoisotopic (exact) mass is 391 g/mol. The van der Waals surface area contributed by atoms with Crippen molar-refractivity contribution in [1.82, 2.24) is 4.31 Å². The fraction of sp³-hybridized carbons (Fsp3) is 0.316. The molecule has 7 nitrogen and oxygen atoms in total. The van der Waals surface area contributed by atoms with Crippen molar-refractivity contribution in [3.63, 3.8) is 0 Å². The Kier molecular flexibility index (Phi) is 6.10. The third-order valence-electron chi connectivity index (χ3n) is 4.21. The van der Waals surface area contributed by atoms with Crippen LogP contribution >= 0.6 is 0 Å². The van der Waals surface area contributed by atoms with Crippen LogP contribution in [0.25, 0.3) is 0 Å². The van der Waals surface area contributed by atoms with Gasteiger partial charge in [0.1, 0.15) is 11.5 Å². The van der Waals surface area contributed by atoms with E-state index < -0.39 is 10.0 Å². The summed E-state index contributed by atoms with van der Waals surface area (Å²) in [6, 6.07) is 12.8. The number of benzene rings is 2. The summed E-state index contributed by atoms with van der Waals surface area (Å²) in [6.07, 6.45) is 0. The van der Waals surface area contributed by atoms with E-state index in [-0.39, 0.29) is 17.3 Å². The number of carbonyl (C=O) groups is 1. The predicted molar refractivity (Wildman–Crippen MR) is 98.8 cm³/mol. The van der Waals surface area contributed by atoms with E-state index in [0.717, 1.165) is 0 Å². The number of hydrogen-bond donors (Lipinski definition) is 0. The first-order valence-electron chi connectivity index (χ1n) is 8.49. The van der Waals surface area contributed by atoms with Crippen LogP contribution in [-0.4, -0.2) is 58.5 Å². The first kappa shape index (κ1) is 19.3. The Hall–Kier alpha value is -2.42. The highest BCUT2D eigenvalue weighted by molar-refractivity contribution is 7.89. The SMILES string of the molecule is COc1ccc(C(=O)COc2ccc(S(=O)(=O)N3CCOCC3)cc2)cc1. The molecule has 1 heterocycles. The van der Waals surface area contributed by atoms with Gasteiger partial charge in [-0.05, 0) is 48.5 Å². The molecule has 1 aliphatic rings. The molecule has 0 aromatic heterocycles. The van der Waals surface area contributed by atoms with Gasteiger partial charge in [-0.2, -0.15) is 4.31 Å². The number of Topliss-reactive ketones (excluding diaryl/α,β-unsaturated/α-hetero) is 1. The van der Waals surface area contributed by atoms with Gasteiger partial charge in [0.05, 0.1) is 25.2 Å². The maximum atomic E-state index is 12.6. The molecule has 0 atom stereocenters. The minimum atomic E-state index is -3.54. The summed E-state index contributed by atoms with van der Waals surface area (Å²) in [5.74, 6) is 0.921. The van der Waals surface area contributed by atoms with Crippen molar-refractivity contribution in [3.8, 4) is 11.5 Å². The van der Waals surface area contributed by atoms with E-state index in [2.05, 4.69) is 0 Å². The van der Waals surface area contributed by atoms with Crippen LogP contribution in [0.2, 0.25) is 0 Å². The van der Waals surface area contributed by atoms with Gasteiger partial charge in [-0.15, -0.1) is 0 Å². The average molecular weight is 391 g/mol. The number of hydrogen-bond acceptors (Lipinski definition) is 6. The largest absolute Gasteiger partial charge is 0.497 e. The molecule has 27 heavy (non-hydrogen) atoms. The Morgan fingerprint density at radius 3 is 2.19 bits per heavy atom. The molecule has 0 bridgehead atoms. The van der Waals surface area contributed by atoms with Crippen molar-refractivity contribution < 1.29 is 27.4 Å². The number of ether oxygens (including phenoxy) is 3. The van der Waals surface area contributed by atoms with Gasteiger partial charge < -0.3 is 14.2 Å². The summed E-state index contributed by atoms with van der Waals surface area (Å²) < 4.78 is 42.3. The van der Waals surface area contributed by atoms with Gasteiger partial charge in [0, 0.05) is 18.7 Å². The number of nitrogens with zero attached hydrogens (tertiary/aromatic N) is 1. The second-order valence-electron chi connectivity index (χ2n) is 5.93. The molecule has 144 valence electrons. The molecule has 1 fully saturated rings. The Balaban J connectivity index is 1.61. The molecule has 1 saturated heterocycles. The highest BCUT2D eigenvalue weighted by atomic mass is 32.2. The average Bonchev–Trinajstić information content (AvgIpc) is 2.73. The number of sulfonamides is 1. The molecule has 0 unspecified atom stereocenters. The lowest BCUT2D eigenvalue weighted by atomic mass is 10.1. The van der Waals surface area contributed by atoms with Crippen LogP contribution in [0.15, 0.2) is 53.4 Å². The molecule has 0 aliphatic carbocycles. The number of ketones is 1. The summed E-state index contributed by atoms with van der Waals surface area (Å²) in [7, 11) is -1.98. The molecule has 3 rings (SSSR count). The number of carbonyl (C=O) groups excluding carboxylic acids is 1. The van der Waals surface area contributed by atoms with Crippen molar-refractivity contribution in [1.29, 1.82) is 0 Å². The van der Waals surface area contributed by atoms with Crippen LogP contribution in [-0.2, 0) is 14.8 Å². The highest BCUT2D eigenvalue weighted by Crippen LogP contribution is 2.21. The lowest BCUT2D eigenvalue weighted by Gasteiger charge is -2.26. The quantitative estimate of drug-likeness (QED) is 0.672. The maximum Gasteiger partial charge on any atom is 0.243 e. The van der Waals surface area contributed by atoms with Crippen molar-refractivity contribution in [2.24, 2.45) is 0 Å². The molecule has 0 saturated carbocycles. The predicted octanol–water partition coefficient (Wildman–Crippen LogP) is 1.98. The highest BCUT2D eigenvalue weighted by Gasteiger charge is 2.26. The van der Waals surface area contributed by atoms with Gasteiger partial charge in [0.15, 0.2) is 12.4 Å². The molecule has 1 aliphatic heterocycles. The topological polar surface area (TPSA) is 82.1 Å². The van der Waals surface area contributed by atoms with Gasteiger partial charge >= 0.3 is 0 Å². The molecule has 0 spiro atoms. The van der Waals surface area contributed by atoms with E-state index in [9.17, 15) is 13.2 Å². The summed E-state index contributed by atoms with van der Waals surface area (Å²) in [5, 5.41) is 0. The van der Waals surface area contributed by atoms with Crippen LogP contribution in [0.3, 0.4) is 0 Å². The minimum Gasteiger partial charge on any atom is -0.497 e. The first-order chi connectivity index (χ1) is 13.0. The van der Waals surface area contributed by atoms with E-state index in [1.165, 1.54) is 16.4 Å². The van der Waals surface area contributed by atoms with Crippen LogP contribution in [0.5, 0.6) is 11.5 Å². The number of morpholine rings is 1. The number of methoxy groups -OCH3 is 1. The smallest absolute Gasteiger partial charge is 0.243 e. The van der Waals surface area contributed by atoms with E-state index in [1.54, 1.807) is 43.5 Å². The summed E-state index contributed by atoms with van der Waals surface area (Å²) >= 11 is 0. The third kappa shape index (κ3) is 4.65. The van der Waals surface area contributed by atoms with E-state index in [0.29, 0.717) is 43.4 Å². The molecular weight excluding hydrogens is 370 g/mol. The zero-order chi connectivity index (χ0) is 19.3. The normalized spacial score (nSPS) is 15.3. The lowest BCUT2D eigenvalue weighted by Crippen LogP contribution is -2.40. The summed E-state index contributed by atoms with van der Waals surface area (Å²) in [4.78, 5) is 12.4. The minimum absolute atomic E-state index is 0.137. The molecule has 8 heteroatoms. The van der Waals surface area contributed by atoms with Crippen molar-refractivity contribution in [2.75, 3.05) is 40.0 Å². The van der Waals surface area contributed by atoms with Gasteiger partial charge in [0.25, 0.3) is 0 Å². The Morgan fingerprint density at radius 1 is 1.00 bits per heavy atom. The maximum absolute atomic E-state index is 12.6. The Labute approximate surface area is 158 Å². The Bertz CT molecular complexity index is 871. The molecule has 0 N–H and O–H groups in total. The van der Waals surface area contributed by atoms with Crippen molar-refractivity contribution in [2.45, 2.75) is 4.90 Å². The molecule has 0 radical (unpaired) electrons. The molecule has 0 amide bonds. The van der Waals surface area contributed by atoms with Crippen molar-refractivity contribution >= 4 is 15.8 Å². The second kappa shape index (κ2) is 8.51. The molecule has 2 aromatic carbocycles. The fourth-order valence-corrected chi connectivity index (χ4v) is 4.06. The van der Waals surface area contributed by atoms with Crippen LogP contribution in [0.4, 0.5) is 0 Å². The fourth-order valence-electron chi connectivity index (χ4n) is 2.65. The standard InChI is InChI=1S/C19H21NO6S/c1-24-16-4-2-15(3-5-16)19(21)14-26-17-6-8-18(9-7-17)27(22,23)20-10-12-25-13-11-20/h2-9H,10-14H2,1H3. The third-order valence-corrected chi connectivity index (χ3v) is 6.13. The van der Waals surface area contributed by atoms with E-state index >= 15 is 0 Å². The van der Waals surface area contributed by atoms with Gasteiger partial charge in [-0.3, -0.25) is 4.79 Å². The molecular formula is C19H21NO6S. The van der Waals surface area contributed by atoms with E-state index in [1.807, 2.05) is 0 Å². The van der Waals surface area contributed by atoms with Crippen LogP contribution in [0.1, 0.15) is 10.4 Å².